The van der Waals surface area contributed by atoms with Gasteiger partial charge in [-0.1, -0.05) is 12.2 Å². The van der Waals surface area contributed by atoms with E-state index < -0.39 is 12.6 Å². The molecule has 3 aliphatic rings. The van der Waals surface area contributed by atoms with E-state index in [4.69, 9.17) is 9.57 Å². The summed E-state index contributed by atoms with van der Waals surface area (Å²) in [4.78, 5) is 40.5. The molecule has 1 saturated heterocycles. The summed E-state index contributed by atoms with van der Waals surface area (Å²) in [6, 6.07) is 0. The van der Waals surface area contributed by atoms with Gasteiger partial charge in [0.25, 0.3) is 11.8 Å². The van der Waals surface area contributed by atoms with Gasteiger partial charge in [-0.15, -0.1) is 0 Å². The fraction of sp³-hybridized carbons (Fsp3) is 0.615. The molecule has 102 valence electrons. The highest BCUT2D eigenvalue weighted by molar-refractivity contribution is 6.05. The normalized spacial score (nSPS) is 35.1. The maximum Gasteiger partial charge on any atom is 0.334 e. The number of hydroxylamine groups is 2. The number of ether oxygens (including phenoxy) is 1. The van der Waals surface area contributed by atoms with Crippen LogP contribution in [0.5, 0.6) is 0 Å². The van der Waals surface area contributed by atoms with Crippen molar-refractivity contribution in [3.05, 3.63) is 12.2 Å². The Balaban J connectivity index is 1.67. The zero-order chi connectivity index (χ0) is 13.6. The topological polar surface area (TPSA) is 72.9 Å². The lowest BCUT2D eigenvalue weighted by atomic mass is 9.85. The summed E-state index contributed by atoms with van der Waals surface area (Å²) in [5.41, 5.74) is 0. The minimum atomic E-state index is -0.582. The summed E-state index contributed by atoms with van der Waals surface area (Å²) >= 11 is 0. The molecule has 0 radical (unpaired) electrons. The van der Waals surface area contributed by atoms with Gasteiger partial charge in [-0.25, -0.2) is 4.79 Å². The Morgan fingerprint density at radius 3 is 2.37 bits per heavy atom. The van der Waals surface area contributed by atoms with E-state index in [1.165, 1.54) is 0 Å². The molecule has 2 bridgehead atoms. The van der Waals surface area contributed by atoms with Crippen LogP contribution >= 0.6 is 0 Å². The largest absolute Gasteiger partial charge is 0.464 e. The van der Waals surface area contributed by atoms with Crippen molar-refractivity contribution in [2.24, 2.45) is 23.7 Å². The van der Waals surface area contributed by atoms with Gasteiger partial charge in [0.2, 0.25) is 0 Å². The highest BCUT2D eigenvalue weighted by Gasteiger charge is 2.60. The molecule has 19 heavy (non-hydrogen) atoms. The Kier molecular flexibility index (Phi) is 2.89. The zero-order valence-corrected chi connectivity index (χ0v) is 10.6. The zero-order valence-electron chi connectivity index (χ0n) is 10.6. The maximum absolute atomic E-state index is 12.2. The first-order valence-electron chi connectivity index (χ1n) is 6.48. The molecule has 0 aromatic carbocycles. The summed E-state index contributed by atoms with van der Waals surface area (Å²) < 4.78 is 4.70. The maximum atomic E-state index is 12.2. The van der Waals surface area contributed by atoms with Crippen molar-refractivity contribution in [2.45, 2.75) is 13.3 Å². The highest BCUT2D eigenvalue weighted by atomic mass is 16.7. The van der Waals surface area contributed by atoms with Crippen molar-refractivity contribution in [3.8, 4) is 0 Å². The molecule has 6 nitrogen and oxygen atoms in total. The number of carbonyl (C=O) groups excluding carboxylic acids is 3. The van der Waals surface area contributed by atoms with E-state index in [2.05, 4.69) is 0 Å². The number of allylic oxidation sites excluding steroid dienone is 2. The van der Waals surface area contributed by atoms with Gasteiger partial charge < -0.3 is 4.74 Å². The second-order valence-electron chi connectivity index (χ2n) is 5.05. The van der Waals surface area contributed by atoms with E-state index >= 15 is 0 Å². The van der Waals surface area contributed by atoms with Crippen molar-refractivity contribution in [1.29, 1.82) is 0 Å². The number of rotatable bonds is 4. The molecule has 2 aliphatic carbocycles. The van der Waals surface area contributed by atoms with Crippen molar-refractivity contribution < 1.29 is 24.0 Å². The molecule has 2 fully saturated rings. The summed E-state index contributed by atoms with van der Waals surface area (Å²) in [6.07, 6.45) is 4.89. The van der Waals surface area contributed by atoms with E-state index in [1.54, 1.807) is 6.92 Å². The Morgan fingerprint density at radius 1 is 1.26 bits per heavy atom. The van der Waals surface area contributed by atoms with Crippen LogP contribution in [0.25, 0.3) is 0 Å². The lowest BCUT2D eigenvalue weighted by molar-refractivity contribution is -0.195. The first kappa shape index (κ1) is 12.3. The second kappa shape index (κ2) is 4.45. The second-order valence-corrected chi connectivity index (χ2v) is 5.05. The lowest BCUT2D eigenvalue weighted by Crippen LogP contribution is -2.35. The monoisotopic (exact) mass is 265 g/mol. The molecule has 0 unspecified atom stereocenters. The molecule has 0 aromatic rings. The third-order valence-electron chi connectivity index (χ3n) is 4.05. The molecular weight excluding hydrogens is 250 g/mol. The number of carbonyl (C=O) groups is 3. The standard InChI is InChI=1S/C13H15NO5/c1-2-18-9(15)6-19-14-12(16)10-7-3-4-8(5-7)11(10)13(14)17/h3-4,7-8,10-11H,2,5-6H2,1H3/t7-,8+,10-,11-/m0/s1. The Morgan fingerprint density at radius 2 is 1.84 bits per heavy atom. The molecule has 2 amide bonds. The summed E-state index contributed by atoms with van der Waals surface area (Å²) in [5, 5.41) is 0.762. The minimum absolute atomic E-state index is 0.141. The van der Waals surface area contributed by atoms with Crippen LogP contribution in [0.15, 0.2) is 12.2 Å². The third-order valence-corrected chi connectivity index (χ3v) is 4.05. The molecule has 0 N–H and O–H groups in total. The van der Waals surface area contributed by atoms with Crippen LogP contribution in [0.2, 0.25) is 0 Å². The number of fused-ring (bicyclic) bond motifs is 5. The van der Waals surface area contributed by atoms with Crippen LogP contribution in [0.4, 0.5) is 0 Å². The van der Waals surface area contributed by atoms with E-state index in [0.717, 1.165) is 11.5 Å². The number of hydrogen-bond donors (Lipinski definition) is 0. The number of amides is 2. The van der Waals surface area contributed by atoms with E-state index in [1.807, 2.05) is 12.2 Å². The van der Waals surface area contributed by atoms with Crippen molar-refractivity contribution >= 4 is 17.8 Å². The van der Waals surface area contributed by atoms with Crippen LogP contribution in [0, 0.1) is 23.7 Å². The molecular formula is C13H15NO5. The minimum Gasteiger partial charge on any atom is -0.464 e. The van der Waals surface area contributed by atoms with Crippen LogP contribution in [0.1, 0.15) is 13.3 Å². The smallest absolute Gasteiger partial charge is 0.334 e. The first-order chi connectivity index (χ1) is 9.13. The average Bonchev–Trinajstić information content (AvgIpc) is 3.03. The van der Waals surface area contributed by atoms with E-state index in [-0.39, 0.29) is 42.1 Å². The van der Waals surface area contributed by atoms with Gasteiger partial charge in [-0.05, 0) is 25.2 Å². The van der Waals surface area contributed by atoms with Crippen molar-refractivity contribution in [1.82, 2.24) is 5.06 Å². The van der Waals surface area contributed by atoms with Crippen LogP contribution in [-0.4, -0.2) is 36.1 Å². The van der Waals surface area contributed by atoms with Crippen LogP contribution < -0.4 is 0 Å². The molecule has 1 heterocycles. The van der Waals surface area contributed by atoms with Crippen molar-refractivity contribution in [2.75, 3.05) is 13.2 Å². The van der Waals surface area contributed by atoms with Gasteiger partial charge >= 0.3 is 5.97 Å². The fourth-order valence-electron chi connectivity index (χ4n) is 3.32. The van der Waals surface area contributed by atoms with Crippen LogP contribution in [0.3, 0.4) is 0 Å². The molecule has 6 heteroatoms. The number of esters is 1. The van der Waals surface area contributed by atoms with Gasteiger partial charge in [-0.3, -0.25) is 14.4 Å². The van der Waals surface area contributed by atoms with E-state index in [0.29, 0.717) is 0 Å². The van der Waals surface area contributed by atoms with Gasteiger partial charge in [-0.2, -0.15) is 5.06 Å². The molecule has 0 spiro atoms. The quantitative estimate of drug-likeness (QED) is 0.415. The molecule has 1 aliphatic heterocycles. The van der Waals surface area contributed by atoms with Crippen LogP contribution in [-0.2, 0) is 24.0 Å². The third kappa shape index (κ3) is 1.78. The molecule has 3 rings (SSSR count). The summed E-state index contributed by atoms with van der Waals surface area (Å²) in [6.45, 7) is 1.51. The molecule has 1 saturated carbocycles. The lowest BCUT2D eigenvalue weighted by Gasteiger charge is -2.15. The Bertz CT molecular complexity index is 442. The molecule has 4 atom stereocenters. The predicted molar refractivity (Wildman–Crippen MR) is 62.2 cm³/mol. The Labute approximate surface area is 110 Å². The molecule has 0 aromatic heterocycles. The number of nitrogens with zero attached hydrogens (tertiary/aromatic N) is 1. The van der Waals surface area contributed by atoms with Gasteiger partial charge in [0, 0.05) is 0 Å². The first-order valence-corrected chi connectivity index (χ1v) is 6.48. The van der Waals surface area contributed by atoms with Crippen molar-refractivity contribution in [3.63, 3.8) is 0 Å². The van der Waals surface area contributed by atoms with Gasteiger partial charge in [0.15, 0.2) is 6.61 Å². The fourth-order valence-corrected chi connectivity index (χ4v) is 3.32. The number of hydrogen-bond acceptors (Lipinski definition) is 5. The number of imide groups is 1. The highest BCUT2D eigenvalue weighted by Crippen LogP contribution is 2.52. The summed E-state index contributed by atoms with van der Waals surface area (Å²) in [7, 11) is 0. The average molecular weight is 265 g/mol. The predicted octanol–water partition coefficient (Wildman–Crippen LogP) is 0.288. The van der Waals surface area contributed by atoms with Gasteiger partial charge in [0.05, 0.1) is 18.4 Å². The van der Waals surface area contributed by atoms with Gasteiger partial charge in [0.1, 0.15) is 0 Å². The Hall–Kier alpha value is -1.69. The van der Waals surface area contributed by atoms with E-state index in [9.17, 15) is 14.4 Å². The summed E-state index contributed by atoms with van der Waals surface area (Å²) in [5.74, 6) is -1.55. The SMILES string of the molecule is CCOC(=O)CON1C(=O)[C@@H]2[C@@H](C1=O)[C@H]1C=C[C@@H]2C1.